The predicted octanol–water partition coefficient (Wildman–Crippen LogP) is 2.88. The van der Waals surface area contributed by atoms with Crippen molar-refractivity contribution in [1.29, 1.82) is 0 Å². The highest BCUT2D eigenvalue weighted by Crippen LogP contribution is 2.28. The lowest BCUT2D eigenvalue weighted by Gasteiger charge is -2.15. The number of aromatic nitrogens is 1. The van der Waals surface area contributed by atoms with Gasteiger partial charge in [-0.1, -0.05) is 12.1 Å². The molecule has 1 amide bonds. The second-order valence-corrected chi connectivity index (χ2v) is 5.22. The number of nitrogens with one attached hydrogen (secondary N) is 1. The summed E-state index contributed by atoms with van der Waals surface area (Å²) in [6, 6.07) is 6.37. The molecule has 1 N–H and O–H groups in total. The van der Waals surface area contributed by atoms with Crippen molar-refractivity contribution in [2.45, 2.75) is 25.7 Å². The Hall–Kier alpha value is -2.64. The monoisotopic (exact) mass is 342 g/mol. The lowest BCUT2D eigenvalue weighted by atomic mass is 10.1. The van der Waals surface area contributed by atoms with E-state index < -0.39 is 41.6 Å². The minimum absolute atomic E-state index is 0.423. The molecule has 0 radical (unpaired) electrons. The van der Waals surface area contributed by atoms with Crippen molar-refractivity contribution in [3.8, 4) is 0 Å². The molecule has 1 aromatic heterocycles. The van der Waals surface area contributed by atoms with Gasteiger partial charge in [0.15, 0.2) is 0 Å². The number of rotatable bonds is 4. The normalized spacial score (nSPS) is 12.7. The number of alkyl halides is 3. The SMILES string of the molecule is C[C@H](NC(=O)Cn1cc(C(F)(F)F)ccc1=O)c1ccc(F)cc1. The van der Waals surface area contributed by atoms with Crippen LogP contribution in [0.15, 0.2) is 47.4 Å². The van der Waals surface area contributed by atoms with E-state index in [4.69, 9.17) is 0 Å². The number of hydrogen-bond donors (Lipinski definition) is 1. The van der Waals surface area contributed by atoms with E-state index in [-0.39, 0.29) is 0 Å². The summed E-state index contributed by atoms with van der Waals surface area (Å²) >= 11 is 0. The Morgan fingerprint density at radius 3 is 2.38 bits per heavy atom. The molecule has 0 fully saturated rings. The lowest BCUT2D eigenvalue weighted by molar-refractivity contribution is -0.138. The third-order valence-corrected chi connectivity index (χ3v) is 3.37. The second kappa shape index (κ2) is 6.86. The van der Waals surface area contributed by atoms with Gasteiger partial charge in [0.05, 0.1) is 11.6 Å². The number of amides is 1. The molecule has 1 aromatic carbocycles. The van der Waals surface area contributed by atoms with Crippen molar-refractivity contribution in [2.24, 2.45) is 0 Å². The molecule has 0 aliphatic heterocycles. The maximum absolute atomic E-state index is 12.9. The number of hydrogen-bond acceptors (Lipinski definition) is 2. The number of nitrogens with zero attached hydrogens (tertiary/aromatic N) is 1. The quantitative estimate of drug-likeness (QED) is 0.869. The highest BCUT2D eigenvalue weighted by atomic mass is 19.4. The first-order chi connectivity index (χ1) is 11.2. The summed E-state index contributed by atoms with van der Waals surface area (Å²) in [6.07, 6.45) is -4.00. The van der Waals surface area contributed by atoms with Crippen molar-refractivity contribution in [3.63, 3.8) is 0 Å². The average molecular weight is 342 g/mol. The smallest absolute Gasteiger partial charge is 0.348 e. The molecule has 128 valence electrons. The molecule has 0 aliphatic carbocycles. The molecule has 8 heteroatoms. The Morgan fingerprint density at radius 1 is 1.17 bits per heavy atom. The van der Waals surface area contributed by atoms with Gasteiger partial charge in [-0.3, -0.25) is 9.59 Å². The third-order valence-electron chi connectivity index (χ3n) is 3.37. The van der Waals surface area contributed by atoms with E-state index in [0.717, 1.165) is 6.07 Å². The molecule has 0 saturated heterocycles. The van der Waals surface area contributed by atoms with Gasteiger partial charge in [0.25, 0.3) is 5.56 Å². The molecule has 0 aliphatic rings. The molecule has 0 saturated carbocycles. The Kier molecular flexibility index (Phi) is 5.06. The molecule has 0 spiro atoms. The van der Waals surface area contributed by atoms with Gasteiger partial charge in [-0.05, 0) is 30.7 Å². The van der Waals surface area contributed by atoms with E-state index in [1.807, 2.05) is 0 Å². The first-order valence-electron chi connectivity index (χ1n) is 6.99. The van der Waals surface area contributed by atoms with Gasteiger partial charge in [0.1, 0.15) is 12.4 Å². The topological polar surface area (TPSA) is 51.1 Å². The minimum atomic E-state index is -4.60. The Balaban J connectivity index is 2.09. The summed E-state index contributed by atoms with van der Waals surface area (Å²) in [4.78, 5) is 23.6. The summed E-state index contributed by atoms with van der Waals surface area (Å²) in [5.41, 5.74) is -1.10. The van der Waals surface area contributed by atoms with Gasteiger partial charge in [0.2, 0.25) is 5.91 Å². The van der Waals surface area contributed by atoms with Crippen molar-refractivity contribution in [1.82, 2.24) is 9.88 Å². The summed E-state index contributed by atoms with van der Waals surface area (Å²) in [5.74, 6) is -1.05. The van der Waals surface area contributed by atoms with E-state index in [1.54, 1.807) is 6.92 Å². The average Bonchev–Trinajstić information content (AvgIpc) is 2.48. The third kappa shape index (κ3) is 4.43. The fourth-order valence-electron chi connectivity index (χ4n) is 2.10. The van der Waals surface area contributed by atoms with Gasteiger partial charge >= 0.3 is 6.18 Å². The summed E-state index contributed by atoms with van der Waals surface area (Å²) in [5, 5.41) is 2.55. The van der Waals surface area contributed by atoms with E-state index in [1.165, 1.54) is 24.3 Å². The minimum Gasteiger partial charge on any atom is -0.348 e. The highest BCUT2D eigenvalue weighted by molar-refractivity contribution is 5.76. The van der Waals surface area contributed by atoms with Gasteiger partial charge in [-0.15, -0.1) is 0 Å². The molecule has 1 atom stereocenters. The van der Waals surface area contributed by atoms with Crippen LogP contribution in [0, 0.1) is 5.82 Å². The molecule has 2 rings (SSSR count). The van der Waals surface area contributed by atoms with Crippen molar-refractivity contribution in [3.05, 3.63) is 69.9 Å². The molecule has 2 aromatic rings. The zero-order chi connectivity index (χ0) is 17.9. The zero-order valence-corrected chi connectivity index (χ0v) is 12.6. The first kappa shape index (κ1) is 17.7. The summed E-state index contributed by atoms with van der Waals surface area (Å²) in [7, 11) is 0. The zero-order valence-electron chi connectivity index (χ0n) is 12.6. The maximum atomic E-state index is 12.9. The van der Waals surface area contributed by atoms with Crippen LogP contribution >= 0.6 is 0 Å². The predicted molar refractivity (Wildman–Crippen MR) is 78.7 cm³/mol. The summed E-state index contributed by atoms with van der Waals surface area (Å²) < 4.78 is 51.5. The van der Waals surface area contributed by atoms with Crippen molar-refractivity contribution in [2.75, 3.05) is 0 Å². The first-order valence-corrected chi connectivity index (χ1v) is 6.99. The van der Waals surface area contributed by atoms with Gasteiger partial charge < -0.3 is 9.88 Å². The second-order valence-electron chi connectivity index (χ2n) is 5.22. The van der Waals surface area contributed by atoms with Crippen LogP contribution in [-0.4, -0.2) is 10.5 Å². The number of halogens is 4. The highest BCUT2D eigenvalue weighted by Gasteiger charge is 2.31. The Labute approximate surface area is 134 Å². The standard InChI is InChI=1S/C16H14F4N2O2/c1-10(11-2-5-13(17)6-3-11)21-14(23)9-22-8-12(16(18,19)20)4-7-15(22)24/h2-8,10H,9H2,1H3,(H,21,23)/t10-/m0/s1. The van der Waals surface area contributed by atoms with Crippen LogP contribution in [0.25, 0.3) is 0 Å². The fourth-order valence-corrected chi connectivity index (χ4v) is 2.10. The molecule has 24 heavy (non-hydrogen) atoms. The van der Waals surface area contributed by atoms with Crippen LogP contribution in [0.5, 0.6) is 0 Å². The van der Waals surface area contributed by atoms with E-state index >= 15 is 0 Å². The number of pyridine rings is 1. The number of carbonyl (C=O) groups excluding carboxylic acids is 1. The molecule has 4 nitrogen and oxygen atoms in total. The largest absolute Gasteiger partial charge is 0.417 e. The van der Waals surface area contributed by atoms with Crippen molar-refractivity contribution < 1.29 is 22.4 Å². The fraction of sp³-hybridized carbons (Fsp3) is 0.250. The number of benzene rings is 1. The van der Waals surface area contributed by atoms with Gasteiger partial charge in [-0.25, -0.2) is 4.39 Å². The van der Waals surface area contributed by atoms with Crippen LogP contribution < -0.4 is 10.9 Å². The molecule has 1 heterocycles. The van der Waals surface area contributed by atoms with Crippen LogP contribution in [0.1, 0.15) is 24.1 Å². The van der Waals surface area contributed by atoms with Gasteiger partial charge in [0, 0.05) is 12.3 Å². The van der Waals surface area contributed by atoms with E-state index in [0.29, 0.717) is 22.4 Å². The summed E-state index contributed by atoms with van der Waals surface area (Å²) in [6.45, 7) is 1.09. The Morgan fingerprint density at radius 2 is 1.79 bits per heavy atom. The lowest BCUT2D eigenvalue weighted by Crippen LogP contribution is -2.34. The molecule has 0 unspecified atom stereocenters. The maximum Gasteiger partial charge on any atom is 0.417 e. The van der Waals surface area contributed by atoms with Crippen LogP contribution in [0.2, 0.25) is 0 Å². The van der Waals surface area contributed by atoms with E-state index in [2.05, 4.69) is 5.32 Å². The van der Waals surface area contributed by atoms with Crippen LogP contribution in [0.3, 0.4) is 0 Å². The van der Waals surface area contributed by atoms with Gasteiger partial charge in [-0.2, -0.15) is 13.2 Å². The molecular formula is C16H14F4N2O2. The molecular weight excluding hydrogens is 328 g/mol. The van der Waals surface area contributed by atoms with E-state index in [9.17, 15) is 27.2 Å². The Bertz CT molecular complexity index is 782. The van der Waals surface area contributed by atoms with Crippen molar-refractivity contribution >= 4 is 5.91 Å². The number of carbonyl (C=O) groups is 1. The van der Waals surface area contributed by atoms with Crippen LogP contribution in [-0.2, 0) is 17.5 Å². The molecule has 0 bridgehead atoms. The van der Waals surface area contributed by atoms with Crippen LogP contribution in [0.4, 0.5) is 17.6 Å².